The van der Waals surface area contributed by atoms with Gasteiger partial charge in [0.25, 0.3) is 0 Å². The number of nitrogens with two attached hydrogens (primary N) is 2. The van der Waals surface area contributed by atoms with Crippen molar-refractivity contribution >= 4 is 17.4 Å². The summed E-state index contributed by atoms with van der Waals surface area (Å²) in [6.07, 6.45) is 2.63. The van der Waals surface area contributed by atoms with Gasteiger partial charge in [0, 0.05) is 0 Å². The lowest BCUT2D eigenvalue weighted by atomic mass is 10.2. The molecule has 1 aromatic rings. The van der Waals surface area contributed by atoms with Crippen LogP contribution in [0.4, 0.5) is 5.69 Å². The van der Waals surface area contributed by atoms with Crippen molar-refractivity contribution in [1.82, 2.24) is 4.98 Å². The summed E-state index contributed by atoms with van der Waals surface area (Å²) in [5, 5.41) is 7.69. The molecule has 0 radical (unpaired) electrons. The highest BCUT2D eigenvalue weighted by molar-refractivity contribution is 6.08. The van der Waals surface area contributed by atoms with E-state index >= 15 is 0 Å². The summed E-state index contributed by atoms with van der Waals surface area (Å²) < 4.78 is 4.69. The predicted molar refractivity (Wildman–Crippen MR) is 64.4 cm³/mol. The van der Waals surface area contributed by atoms with E-state index in [1.54, 1.807) is 19.1 Å². The molecule has 1 rings (SSSR count). The first-order valence-electron chi connectivity index (χ1n) is 4.99. The minimum absolute atomic E-state index is 0.0237. The Hall–Kier alpha value is -2.37. The maximum Gasteiger partial charge on any atom is 0.354 e. The highest BCUT2D eigenvalue weighted by Gasteiger charge is 2.08. The zero-order valence-electron chi connectivity index (χ0n) is 9.43. The lowest BCUT2D eigenvalue weighted by Crippen LogP contribution is -2.16. The van der Waals surface area contributed by atoms with Crippen LogP contribution in [0, 0.1) is 5.41 Å². The average Bonchev–Trinajstić information content (AvgIpc) is 2.30. The Bertz CT molecular complexity index is 451. The first-order valence-corrected chi connectivity index (χ1v) is 4.99. The van der Waals surface area contributed by atoms with Crippen molar-refractivity contribution in [3.8, 4) is 0 Å². The normalized spacial score (nSPS) is 11.0. The molecule has 0 atom stereocenters. The van der Waals surface area contributed by atoms with Crippen molar-refractivity contribution in [3.05, 3.63) is 35.8 Å². The number of rotatable bonds is 4. The number of esters is 1. The molecule has 6 heteroatoms. The third-order valence-electron chi connectivity index (χ3n) is 1.87. The molecule has 90 valence electrons. The number of carbonyl (C=O) groups is 1. The lowest BCUT2D eigenvalue weighted by molar-refractivity contribution is -0.138. The second kappa shape index (κ2) is 5.64. The van der Waals surface area contributed by atoms with Crippen LogP contribution < -0.4 is 11.5 Å². The largest absolute Gasteiger partial charge is 0.461 e. The van der Waals surface area contributed by atoms with Gasteiger partial charge in [-0.15, -0.1) is 0 Å². The highest BCUT2D eigenvalue weighted by Crippen LogP contribution is 2.03. The number of nitrogens with zero attached hydrogens (tertiary/aromatic N) is 1. The molecule has 0 aliphatic heterocycles. The first-order chi connectivity index (χ1) is 8.04. The van der Waals surface area contributed by atoms with Crippen LogP contribution in [0.2, 0.25) is 0 Å². The Morgan fingerprint density at radius 3 is 2.82 bits per heavy atom. The van der Waals surface area contributed by atoms with Crippen LogP contribution in [0.3, 0.4) is 0 Å². The number of nitrogen functional groups attached to an aromatic ring is 1. The molecule has 0 spiro atoms. The van der Waals surface area contributed by atoms with Crippen molar-refractivity contribution in [1.29, 1.82) is 5.41 Å². The fourth-order valence-electron chi connectivity index (χ4n) is 1.07. The van der Waals surface area contributed by atoms with Crippen molar-refractivity contribution < 1.29 is 9.53 Å². The second-order valence-corrected chi connectivity index (χ2v) is 3.21. The number of allylic oxidation sites excluding steroid dienone is 1. The predicted octanol–water partition coefficient (Wildman–Crippen LogP) is 0.437. The van der Waals surface area contributed by atoms with Gasteiger partial charge < -0.3 is 16.2 Å². The molecule has 1 aromatic heterocycles. The third kappa shape index (κ3) is 3.60. The fraction of sp³-hybridized carbons (Fsp3) is 0.182. The van der Waals surface area contributed by atoms with Crippen LogP contribution in [0.5, 0.6) is 0 Å². The molecule has 0 aromatic carbocycles. The van der Waals surface area contributed by atoms with Gasteiger partial charge in [-0.2, -0.15) is 0 Å². The van der Waals surface area contributed by atoms with E-state index in [0.29, 0.717) is 11.4 Å². The maximum absolute atomic E-state index is 11.2. The van der Waals surface area contributed by atoms with Gasteiger partial charge >= 0.3 is 5.97 Å². The van der Waals surface area contributed by atoms with Crippen molar-refractivity contribution in [2.24, 2.45) is 5.73 Å². The molecule has 0 saturated carbocycles. The fourth-order valence-corrected chi connectivity index (χ4v) is 1.07. The van der Waals surface area contributed by atoms with Crippen molar-refractivity contribution in [2.75, 3.05) is 12.3 Å². The molecule has 0 fully saturated rings. The summed E-state index contributed by atoms with van der Waals surface area (Å²) in [7, 11) is 0. The average molecular weight is 234 g/mol. The zero-order chi connectivity index (χ0) is 12.8. The highest BCUT2D eigenvalue weighted by atomic mass is 16.5. The van der Waals surface area contributed by atoms with Gasteiger partial charge in [0.1, 0.15) is 5.70 Å². The molecule has 17 heavy (non-hydrogen) atoms. The van der Waals surface area contributed by atoms with Gasteiger partial charge in [-0.25, -0.2) is 4.79 Å². The van der Waals surface area contributed by atoms with Crippen LogP contribution in [-0.2, 0) is 9.53 Å². The van der Waals surface area contributed by atoms with Crippen molar-refractivity contribution in [2.45, 2.75) is 6.92 Å². The SMILES string of the molecule is CCOC(=O)/C(N)=C/C(=N)c1ccc(N)cn1. The Balaban J connectivity index is 2.81. The number of pyridine rings is 1. The first kappa shape index (κ1) is 12.7. The molecule has 1 heterocycles. The molecule has 5 N–H and O–H groups in total. The van der Waals surface area contributed by atoms with Crippen LogP contribution in [0.15, 0.2) is 30.1 Å². The number of hydrogen-bond acceptors (Lipinski definition) is 6. The van der Waals surface area contributed by atoms with E-state index in [1.165, 1.54) is 12.3 Å². The van der Waals surface area contributed by atoms with Gasteiger partial charge in [0.15, 0.2) is 0 Å². The Morgan fingerprint density at radius 1 is 1.59 bits per heavy atom. The minimum atomic E-state index is -0.646. The molecule has 6 nitrogen and oxygen atoms in total. The van der Waals surface area contributed by atoms with Crippen LogP contribution >= 0.6 is 0 Å². The monoisotopic (exact) mass is 234 g/mol. The summed E-state index contributed by atoms with van der Waals surface area (Å²) in [6, 6.07) is 3.19. The van der Waals surface area contributed by atoms with E-state index < -0.39 is 5.97 Å². The smallest absolute Gasteiger partial charge is 0.354 e. The summed E-state index contributed by atoms with van der Waals surface area (Å²) >= 11 is 0. The number of carbonyl (C=O) groups excluding carboxylic acids is 1. The molecule has 0 saturated heterocycles. The van der Waals surface area contributed by atoms with E-state index in [4.69, 9.17) is 21.6 Å². The Labute approximate surface area is 98.8 Å². The van der Waals surface area contributed by atoms with E-state index in [0.717, 1.165) is 0 Å². The third-order valence-corrected chi connectivity index (χ3v) is 1.87. The summed E-state index contributed by atoms with van der Waals surface area (Å²) in [4.78, 5) is 15.1. The van der Waals surface area contributed by atoms with Crippen LogP contribution in [0.1, 0.15) is 12.6 Å². The molecular weight excluding hydrogens is 220 g/mol. The lowest BCUT2D eigenvalue weighted by Gasteiger charge is -2.02. The van der Waals surface area contributed by atoms with Crippen molar-refractivity contribution in [3.63, 3.8) is 0 Å². The topological polar surface area (TPSA) is 115 Å². The van der Waals surface area contributed by atoms with Gasteiger partial charge in [0.05, 0.1) is 29.9 Å². The number of ether oxygens (including phenoxy) is 1. The van der Waals surface area contributed by atoms with E-state index in [1.807, 2.05) is 0 Å². The van der Waals surface area contributed by atoms with Gasteiger partial charge in [-0.3, -0.25) is 10.4 Å². The second-order valence-electron chi connectivity index (χ2n) is 3.21. The zero-order valence-corrected chi connectivity index (χ0v) is 9.43. The Morgan fingerprint density at radius 2 is 2.29 bits per heavy atom. The summed E-state index contributed by atoms with van der Waals surface area (Å²) in [6.45, 7) is 1.92. The number of anilines is 1. The summed E-state index contributed by atoms with van der Waals surface area (Å²) in [5.74, 6) is -0.646. The number of nitrogens with one attached hydrogen (secondary N) is 1. The van der Waals surface area contributed by atoms with Crippen LogP contribution in [0.25, 0.3) is 0 Å². The molecule has 0 bridgehead atoms. The Kier molecular flexibility index (Phi) is 4.21. The number of hydrogen-bond donors (Lipinski definition) is 3. The molecular formula is C11H14N4O2. The molecule has 0 amide bonds. The van der Waals surface area contributed by atoms with Crippen LogP contribution in [-0.4, -0.2) is 23.3 Å². The van der Waals surface area contributed by atoms with E-state index in [2.05, 4.69) is 4.98 Å². The van der Waals surface area contributed by atoms with Gasteiger partial charge in [-0.1, -0.05) is 0 Å². The van der Waals surface area contributed by atoms with E-state index in [-0.39, 0.29) is 18.0 Å². The molecule has 0 aliphatic rings. The van der Waals surface area contributed by atoms with Gasteiger partial charge in [-0.05, 0) is 25.1 Å². The molecule has 0 unspecified atom stereocenters. The van der Waals surface area contributed by atoms with Gasteiger partial charge in [0.2, 0.25) is 0 Å². The summed E-state index contributed by atoms with van der Waals surface area (Å²) in [5.41, 5.74) is 11.7. The molecule has 0 aliphatic carbocycles. The quantitative estimate of drug-likeness (QED) is 0.397. The maximum atomic E-state index is 11.2. The standard InChI is InChI=1S/C11H14N4O2/c1-2-17-11(16)9(14)5-8(13)10-4-3-7(12)6-15-10/h3-6,13H,2,12,14H2,1H3/b9-5-,13-8?. The number of aromatic nitrogens is 1. The minimum Gasteiger partial charge on any atom is -0.461 e. The van der Waals surface area contributed by atoms with E-state index in [9.17, 15) is 4.79 Å².